The molecular weight excluding hydrogens is 283 g/mol. The zero-order valence-corrected chi connectivity index (χ0v) is 11.4. The number of pyridine rings is 1. The number of rotatable bonds is 3. The fourth-order valence-corrected chi connectivity index (χ4v) is 2.52. The van der Waals surface area contributed by atoms with Crippen molar-refractivity contribution in [2.75, 3.05) is 6.54 Å². The maximum absolute atomic E-state index is 12.7. The van der Waals surface area contributed by atoms with Crippen molar-refractivity contribution in [3.63, 3.8) is 0 Å². The third-order valence-corrected chi connectivity index (χ3v) is 3.68. The number of ether oxygens (including phenoxy) is 1. The van der Waals surface area contributed by atoms with Gasteiger partial charge in [-0.1, -0.05) is 6.42 Å². The van der Waals surface area contributed by atoms with E-state index in [9.17, 15) is 13.2 Å². The molecule has 0 bridgehead atoms. The van der Waals surface area contributed by atoms with Crippen LogP contribution in [-0.4, -0.2) is 17.6 Å². The van der Waals surface area contributed by atoms with Crippen molar-refractivity contribution in [2.45, 2.75) is 38.0 Å². The third-order valence-electron chi connectivity index (χ3n) is 3.68. The summed E-state index contributed by atoms with van der Waals surface area (Å²) < 4.78 is 43.7. The molecule has 114 valence electrons. The second-order valence-corrected chi connectivity index (χ2v) is 5.10. The molecule has 1 heterocycles. The molecule has 1 fully saturated rings. The molecule has 0 aliphatic heterocycles. The van der Waals surface area contributed by atoms with Crippen LogP contribution in [0.15, 0.2) is 12.1 Å². The first-order valence-electron chi connectivity index (χ1n) is 6.80. The molecule has 2 atom stereocenters. The Labute approximate surface area is 120 Å². The van der Waals surface area contributed by atoms with Crippen LogP contribution in [0.5, 0.6) is 5.88 Å². The standard InChI is InChI=1S/C14H16F3N3O/c15-14(16,17)12-6-5-10(8-19)13(20-12)21-11-4-2-1-3-9(11)7-18/h5-6,9,11H,1-4,7,18H2. The molecule has 1 aromatic heterocycles. The van der Waals surface area contributed by atoms with Gasteiger partial charge in [0.25, 0.3) is 0 Å². The Morgan fingerprint density at radius 1 is 1.33 bits per heavy atom. The Hall–Kier alpha value is -1.81. The molecule has 7 heteroatoms. The summed E-state index contributed by atoms with van der Waals surface area (Å²) in [7, 11) is 0. The zero-order chi connectivity index (χ0) is 15.5. The van der Waals surface area contributed by atoms with E-state index < -0.39 is 11.9 Å². The number of halogens is 3. The van der Waals surface area contributed by atoms with Crippen molar-refractivity contribution in [1.82, 2.24) is 4.98 Å². The van der Waals surface area contributed by atoms with Crippen molar-refractivity contribution in [2.24, 2.45) is 11.7 Å². The first-order chi connectivity index (χ1) is 9.95. The van der Waals surface area contributed by atoms with Crippen LogP contribution in [0.25, 0.3) is 0 Å². The summed E-state index contributed by atoms with van der Waals surface area (Å²) in [5, 5.41) is 8.99. The number of hydrogen-bond acceptors (Lipinski definition) is 4. The molecule has 1 saturated carbocycles. The average Bonchev–Trinajstić information content (AvgIpc) is 2.47. The van der Waals surface area contributed by atoms with Gasteiger partial charge in [-0.05, 0) is 37.9 Å². The van der Waals surface area contributed by atoms with E-state index in [2.05, 4.69) is 4.98 Å². The molecule has 0 spiro atoms. The van der Waals surface area contributed by atoms with Gasteiger partial charge in [-0.25, -0.2) is 4.98 Å². The molecule has 1 aromatic rings. The van der Waals surface area contributed by atoms with E-state index in [-0.39, 0.29) is 23.5 Å². The number of nitrogens with two attached hydrogens (primary N) is 1. The van der Waals surface area contributed by atoms with Crippen LogP contribution >= 0.6 is 0 Å². The summed E-state index contributed by atoms with van der Waals surface area (Å²) in [5.41, 5.74) is 4.62. The summed E-state index contributed by atoms with van der Waals surface area (Å²) in [6.45, 7) is 0.408. The van der Waals surface area contributed by atoms with Crippen LogP contribution in [0.2, 0.25) is 0 Å². The molecule has 2 rings (SSSR count). The van der Waals surface area contributed by atoms with Crippen LogP contribution in [0.1, 0.15) is 36.9 Å². The molecule has 0 amide bonds. The Balaban J connectivity index is 2.27. The van der Waals surface area contributed by atoms with Crippen molar-refractivity contribution in [3.05, 3.63) is 23.4 Å². The van der Waals surface area contributed by atoms with Gasteiger partial charge in [-0.2, -0.15) is 18.4 Å². The van der Waals surface area contributed by atoms with Crippen LogP contribution in [0.4, 0.5) is 13.2 Å². The van der Waals surface area contributed by atoms with Crippen molar-refractivity contribution < 1.29 is 17.9 Å². The highest BCUT2D eigenvalue weighted by Crippen LogP contribution is 2.32. The van der Waals surface area contributed by atoms with E-state index in [4.69, 9.17) is 15.7 Å². The van der Waals surface area contributed by atoms with E-state index in [1.807, 2.05) is 6.07 Å². The first-order valence-corrected chi connectivity index (χ1v) is 6.80. The van der Waals surface area contributed by atoms with Gasteiger partial charge in [0.2, 0.25) is 5.88 Å². The molecule has 4 nitrogen and oxygen atoms in total. The highest BCUT2D eigenvalue weighted by atomic mass is 19.4. The Morgan fingerprint density at radius 3 is 2.67 bits per heavy atom. The van der Waals surface area contributed by atoms with Crippen LogP contribution in [0, 0.1) is 17.2 Å². The summed E-state index contributed by atoms with van der Waals surface area (Å²) in [5.74, 6) is -0.167. The predicted molar refractivity (Wildman–Crippen MR) is 69.4 cm³/mol. The summed E-state index contributed by atoms with van der Waals surface area (Å²) >= 11 is 0. The minimum Gasteiger partial charge on any atom is -0.473 e. The summed E-state index contributed by atoms with van der Waals surface area (Å²) in [4.78, 5) is 3.47. The topological polar surface area (TPSA) is 71.9 Å². The number of nitriles is 1. The highest BCUT2D eigenvalue weighted by molar-refractivity contribution is 5.39. The Morgan fingerprint density at radius 2 is 2.05 bits per heavy atom. The number of hydrogen-bond donors (Lipinski definition) is 1. The lowest BCUT2D eigenvalue weighted by atomic mass is 9.86. The normalized spacial score (nSPS) is 22.6. The molecule has 0 saturated heterocycles. The van der Waals surface area contributed by atoms with Gasteiger partial charge in [0.05, 0.1) is 0 Å². The summed E-state index contributed by atoms with van der Waals surface area (Å²) in [6.07, 6.45) is -1.30. The van der Waals surface area contributed by atoms with Gasteiger partial charge < -0.3 is 10.5 Å². The lowest BCUT2D eigenvalue weighted by Gasteiger charge is -2.30. The lowest BCUT2D eigenvalue weighted by Crippen LogP contribution is -2.35. The lowest BCUT2D eigenvalue weighted by molar-refractivity contribution is -0.141. The minimum atomic E-state index is -4.56. The second-order valence-electron chi connectivity index (χ2n) is 5.10. The maximum Gasteiger partial charge on any atom is 0.433 e. The second kappa shape index (κ2) is 6.31. The van der Waals surface area contributed by atoms with Gasteiger partial charge in [0.15, 0.2) is 0 Å². The van der Waals surface area contributed by atoms with Crippen LogP contribution < -0.4 is 10.5 Å². The Kier molecular flexibility index (Phi) is 4.68. The quantitative estimate of drug-likeness (QED) is 0.931. The smallest absolute Gasteiger partial charge is 0.433 e. The summed E-state index contributed by atoms with van der Waals surface area (Å²) in [6, 6.07) is 3.68. The third kappa shape index (κ3) is 3.64. The largest absolute Gasteiger partial charge is 0.473 e. The molecule has 1 aliphatic carbocycles. The molecule has 2 N–H and O–H groups in total. The van der Waals surface area contributed by atoms with Crippen molar-refractivity contribution in [1.29, 1.82) is 5.26 Å². The minimum absolute atomic E-state index is 0.00402. The predicted octanol–water partition coefficient (Wildman–Crippen LogP) is 2.87. The number of alkyl halides is 3. The molecule has 21 heavy (non-hydrogen) atoms. The molecular formula is C14H16F3N3O. The van der Waals surface area contributed by atoms with E-state index >= 15 is 0 Å². The van der Waals surface area contributed by atoms with Crippen molar-refractivity contribution >= 4 is 0 Å². The van der Waals surface area contributed by atoms with E-state index in [0.29, 0.717) is 13.0 Å². The SMILES string of the molecule is N#Cc1ccc(C(F)(F)F)nc1OC1CCCCC1CN. The monoisotopic (exact) mass is 299 g/mol. The molecule has 0 radical (unpaired) electrons. The number of aromatic nitrogens is 1. The van der Waals surface area contributed by atoms with E-state index in [1.165, 1.54) is 0 Å². The first kappa shape index (κ1) is 15.6. The molecule has 2 unspecified atom stereocenters. The average molecular weight is 299 g/mol. The highest BCUT2D eigenvalue weighted by Gasteiger charge is 2.34. The van der Waals surface area contributed by atoms with Gasteiger partial charge in [-0.15, -0.1) is 0 Å². The van der Waals surface area contributed by atoms with Gasteiger partial charge in [-0.3, -0.25) is 0 Å². The van der Waals surface area contributed by atoms with Crippen LogP contribution in [-0.2, 0) is 6.18 Å². The van der Waals surface area contributed by atoms with Gasteiger partial charge in [0, 0.05) is 5.92 Å². The number of nitrogens with zero attached hydrogens (tertiary/aromatic N) is 2. The van der Waals surface area contributed by atoms with E-state index in [0.717, 1.165) is 31.4 Å². The van der Waals surface area contributed by atoms with Crippen LogP contribution in [0.3, 0.4) is 0 Å². The van der Waals surface area contributed by atoms with E-state index in [1.54, 1.807) is 0 Å². The Bertz CT molecular complexity index is 539. The fourth-order valence-electron chi connectivity index (χ4n) is 2.52. The van der Waals surface area contributed by atoms with Gasteiger partial charge in [0.1, 0.15) is 23.4 Å². The fraction of sp³-hybridized carbons (Fsp3) is 0.571. The molecule has 1 aliphatic rings. The molecule has 0 aromatic carbocycles. The zero-order valence-electron chi connectivity index (χ0n) is 11.4. The van der Waals surface area contributed by atoms with Crippen molar-refractivity contribution in [3.8, 4) is 11.9 Å². The van der Waals surface area contributed by atoms with Gasteiger partial charge >= 0.3 is 6.18 Å². The maximum atomic E-state index is 12.7.